The van der Waals surface area contributed by atoms with Gasteiger partial charge in [-0.25, -0.2) is 12.7 Å². The zero-order valence-corrected chi connectivity index (χ0v) is 16.6. The molecule has 0 radical (unpaired) electrons. The number of hydrogen-bond donors (Lipinski definition) is 1. The Kier molecular flexibility index (Phi) is 5.96. The maximum absolute atomic E-state index is 12.4. The van der Waals surface area contributed by atoms with Gasteiger partial charge in [0.25, 0.3) is 5.91 Å². The van der Waals surface area contributed by atoms with E-state index in [-0.39, 0.29) is 24.0 Å². The van der Waals surface area contributed by atoms with Crippen LogP contribution in [0.2, 0.25) is 0 Å². The Morgan fingerprint density at radius 2 is 1.64 bits per heavy atom. The minimum atomic E-state index is -3.58. The maximum atomic E-state index is 12.4. The summed E-state index contributed by atoms with van der Waals surface area (Å²) in [5.41, 5.74) is 0.523. The SMILES string of the molecule is CN(C)S(=O)(=O)c1ccccc1CNC(=O)COc1ccc2ccccc2c1. The molecule has 0 aromatic heterocycles. The molecule has 1 amide bonds. The van der Waals surface area contributed by atoms with Crippen LogP contribution in [-0.4, -0.2) is 39.3 Å². The Morgan fingerprint density at radius 3 is 2.39 bits per heavy atom. The Hall–Kier alpha value is -2.90. The van der Waals surface area contributed by atoms with Gasteiger partial charge in [-0.2, -0.15) is 0 Å². The van der Waals surface area contributed by atoms with E-state index in [1.165, 1.54) is 20.2 Å². The predicted molar refractivity (Wildman–Crippen MR) is 109 cm³/mol. The molecule has 146 valence electrons. The first-order valence-corrected chi connectivity index (χ1v) is 10.2. The summed E-state index contributed by atoms with van der Waals surface area (Å²) in [6.07, 6.45) is 0. The van der Waals surface area contributed by atoms with E-state index >= 15 is 0 Å². The second-order valence-corrected chi connectivity index (χ2v) is 8.59. The summed E-state index contributed by atoms with van der Waals surface area (Å²) >= 11 is 0. The van der Waals surface area contributed by atoms with Crippen LogP contribution < -0.4 is 10.1 Å². The lowest BCUT2D eigenvalue weighted by Gasteiger charge is -2.15. The van der Waals surface area contributed by atoms with Crippen molar-refractivity contribution in [1.29, 1.82) is 0 Å². The molecule has 0 aliphatic rings. The van der Waals surface area contributed by atoms with Crippen LogP contribution in [0.4, 0.5) is 0 Å². The number of hydrogen-bond acceptors (Lipinski definition) is 4. The van der Waals surface area contributed by atoms with E-state index in [2.05, 4.69) is 5.32 Å². The van der Waals surface area contributed by atoms with Gasteiger partial charge in [0.2, 0.25) is 10.0 Å². The number of carbonyl (C=O) groups is 1. The molecule has 0 aliphatic heterocycles. The van der Waals surface area contributed by atoms with Crippen molar-refractivity contribution in [3.63, 3.8) is 0 Å². The molecule has 1 N–H and O–H groups in total. The van der Waals surface area contributed by atoms with E-state index in [9.17, 15) is 13.2 Å². The van der Waals surface area contributed by atoms with Crippen molar-refractivity contribution in [1.82, 2.24) is 9.62 Å². The Morgan fingerprint density at radius 1 is 0.964 bits per heavy atom. The summed E-state index contributed by atoms with van der Waals surface area (Å²) in [5.74, 6) is 0.273. The molecular weight excluding hydrogens is 376 g/mol. The van der Waals surface area contributed by atoms with Crippen LogP contribution >= 0.6 is 0 Å². The van der Waals surface area contributed by atoms with Gasteiger partial charge >= 0.3 is 0 Å². The van der Waals surface area contributed by atoms with Gasteiger partial charge < -0.3 is 10.1 Å². The van der Waals surface area contributed by atoms with Crippen LogP contribution in [-0.2, 0) is 21.4 Å². The summed E-state index contributed by atoms with van der Waals surface area (Å²) < 4.78 is 31.5. The molecule has 0 unspecified atom stereocenters. The molecule has 3 aromatic carbocycles. The highest BCUT2D eigenvalue weighted by Crippen LogP contribution is 2.21. The van der Waals surface area contributed by atoms with E-state index in [1.54, 1.807) is 18.2 Å². The molecule has 3 rings (SSSR count). The second-order valence-electron chi connectivity index (χ2n) is 6.47. The second kappa shape index (κ2) is 8.41. The zero-order valence-electron chi connectivity index (χ0n) is 15.8. The first-order chi connectivity index (χ1) is 13.4. The molecule has 0 saturated carbocycles. The van der Waals surface area contributed by atoms with Crippen LogP contribution in [0, 0.1) is 0 Å². The minimum absolute atomic E-state index is 0.100. The number of sulfonamides is 1. The van der Waals surface area contributed by atoms with Gasteiger partial charge in [-0.05, 0) is 34.5 Å². The van der Waals surface area contributed by atoms with Crippen molar-refractivity contribution < 1.29 is 17.9 Å². The average Bonchev–Trinajstić information content (AvgIpc) is 2.70. The number of amides is 1. The first-order valence-electron chi connectivity index (χ1n) is 8.76. The van der Waals surface area contributed by atoms with Crippen LogP contribution in [0.25, 0.3) is 10.8 Å². The minimum Gasteiger partial charge on any atom is -0.484 e. The fourth-order valence-corrected chi connectivity index (χ4v) is 3.86. The highest BCUT2D eigenvalue weighted by molar-refractivity contribution is 7.89. The number of nitrogens with one attached hydrogen (secondary N) is 1. The van der Waals surface area contributed by atoms with E-state index in [0.717, 1.165) is 15.1 Å². The van der Waals surface area contributed by atoms with Gasteiger partial charge in [0.05, 0.1) is 4.90 Å². The van der Waals surface area contributed by atoms with Crippen molar-refractivity contribution >= 4 is 26.7 Å². The summed E-state index contributed by atoms with van der Waals surface area (Å²) in [4.78, 5) is 12.3. The molecule has 7 heteroatoms. The molecule has 0 atom stereocenters. The molecular formula is C21H22N2O4S. The van der Waals surface area contributed by atoms with Crippen LogP contribution in [0.3, 0.4) is 0 Å². The lowest BCUT2D eigenvalue weighted by Crippen LogP contribution is -2.30. The number of nitrogens with zero attached hydrogens (tertiary/aromatic N) is 1. The largest absolute Gasteiger partial charge is 0.484 e. The molecule has 6 nitrogen and oxygen atoms in total. The van der Waals surface area contributed by atoms with Crippen molar-refractivity contribution in [3.05, 3.63) is 72.3 Å². The maximum Gasteiger partial charge on any atom is 0.258 e. The summed E-state index contributed by atoms with van der Waals surface area (Å²) in [7, 11) is -0.632. The number of fused-ring (bicyclic) bond motifs is 1. The molecule has 0 aliphatic carbocycles. The fraction of sp³-hybridized carbons (Fsp3) is 0.190. The van der Waals surface area contributed by atoms with Gasteiger partial charge in [0.1, 0.15) is 5.75 Å². The summed E-state index contributed by atoms with van der Waals surface area (Å²) in [5, 5.41) is 4.84. The molecule has 0 saturated heterocycles. The number of carbonyl (C=O) groups excluding carboxylic acids is 1. The monoisotopic (exact) mass is 398 g/mol. The Balaban J connectivity index is 1.62. The summed E-state index contributed by atoms with van der Waals surface area (Å²) in [6.45, 7) is -0.0515. The van der Waals surface area contributed by atoms with Gasteiger partial charge in [0.15, 0.2) is 6.61 Å². The highest BCUT2D eigenvalue weighted by Gasteiger charge is 2.20. The number of rotatable bonds is 7. The van der Waals surface area contributed by atoms with Crippen molar-refractivity contribution in [2.24, 2.45) is 0 Å². The number of ether oxygens (including phenoxy) is 1. The molecule has 0 fully saturated rings. The predicted octanol–water partition coefficient (Wildman–Crippen LogP) is 2.79. The molecule has 0 bridgehead atoms. The molecule has 28 heavy (non-hydrogen) atoms. The lowest BCUT2D eigenvalue weighted by atomic mass is 10.1. The standard InChI is InChI=1S/C21H22N2O4S/c1-23(2)28(25,26)20-10-6-5-9-18(20)14-22-21(24)15-27-19-12-11-16-7-3-4-8-17(16)13-19/h3-13H,14-15H2,1-2H3,(H,22,24). The van der Waals surface area contributed by atoms with Crippen molar-refractivity contribution in [2.45, 2.75) is 11.4 Å². The molecule has 0 heterocycles. The van der Waals surface area contributed by atoms with Crippen LogP contribution in [0.5, 0.6) is 5.75 Å². The van der Waals surface area contributed by atoms with Gasteiger partial charge in [0, 0.05) is 20.6 Å². The average molecular weight is 398 g/mol. The smallest absolute Gasteiger partial charge is 0.258 e. The third-order valence-electron chi connectivity index (χ3n) is 4.30. The normalized spacial score (nSPS) is 11.5. The molecule has 0 spiro atoms. The first kappa shape index (κ1) is 19.9. The van der Waals surface area contributed by atoms with Gasteiger partial charge in [-0.1, -0.05) is 48.5 Å². The topological polar surface area (TPSA) is 75.7 Å². The zero-order chi connectivity index (χ0) is 20.1. The lowest BCUT2D eigenvalue weighted by molar-refractivity contribution is -0.123. The van der Waals surface area contributed by atoms with Crippen LogP contribution in [0.1, 0.15) is 5.56 Å². The van der Waals surface area contributed by atoms with Gasteiger partial charge in [-0.3, -0.25) is 4.79 Å². The third-order valence-corrected chi connectivity index (χ3v) is 6.21. The van der Waals surface area contributed by atoms with Crippen molar-refractivity contribution in [3.8, 4) is 5.75 Å². The van der Waals surface area contributed by atoms with E-state index < -0.39 is 10.0 Å². The van der Waals surface area contributed by atoms with E-state index in [1.807, 2.05) is 42.5 Å². The van der Waals surface area contributed by atoms with E-state index in [0.29, 0.717) is 11.3 Å². The third kappa shape index (κ3) is 4.49. The summed E-state index contributed by atoms with van der Waals surface area (Å²) in [6, 6.07) is 20.1. The highest BCUT2D eigenvalue weighted by atomic mass is 32.2. The van der Waals surface area contributed by atoms with Crippen LogP contribution in [0.15, 0.2) is 71.6 Å². The van der Waals surface area contributed by atoms with E-state index in [4.69, 9.17) is 4.74 Å². The quantitative estimate of drug-likeness (QED) is 0.664. The van der Waals surface area contributed by atoms with Gasteiger partial charge in [-0.15, -0.1) is 0 Å². The molecule has 3 aromatic rings. The fourth-order valence-electron chi connectivity index (χ4n) is 2.75. The van der Waals surface area contributed by atoms with Crippen molar-refractivity contribution in [2.75, 3.05) is 20.7 Å². The Bertz CT molecular complexity index is 1090. The number of benzene rings is 3. The Labute approximate surface area is 164 Å².